The number of aromatic nitrogens is 2. The van der Waals surface area contributed by atoms with Gasteiger partial charge >= 0.3 is 0 Å². The molecule has 0 saturated carbocycles. The zero-order valence-corrected chi connectivity index (χ0v) is 23.7. The first-order valence-electron chi connectivity index (χ1n) is 12.7. The van der Waals surface area contributed by atoms with E-state index >= 15 is 0 Å². The first kappa shape index (κ1) is 31.2. The minimum Gasteiger partial charge on any atom is -0.354 e. The van der Waals surface area contributed by atoms with Crippen molar-refractivity contribution in [3.8, 4) is 0 Å². The number of nitrogens with one attached hydrogen (secondary N) is 2. The van der Waals surface area contributed by atoms with Gasteiger partial charge in [-0.1, -0.05) is 75.0 Å². The third-order valence-electron chi connectivity index (χ3n) is 5.50. The van der Waals surface area contributed by atoms with Crippen LogP contribution in [0.3, 0.4) is 0 Å². The molecule has 0 aliphatic heterocycles. The Labute approximate surface area is 236 Å². The third kappa shape index (κ3) is 12.8. The van der Waals surface area contributed by atoms with Crippen LogP contribution in [-0.2, 0) is 24.1 Å². The molecule has 0 atom stereocenters. The quantitative estimate of drug-likeness (QED) is 0.0921. The van der Waals surface area contributed by atoms with E-state index in [1.54, 1.807) is 12.1 Å². The number of unbranched alkanes of at least 4 members (excludes halogenated alkanes) is 1. The highest BCUT2D eigenvalue weighted by Gasteiger charge is 2.08. The van der Waals surface area contributed by atoms with E-state index in [-0.39, 0.29) is 12.3 Å². The van der Waals surface area contributed by atoms with E-state index in [4.69, 9.17) is 0 Å². The number of hydrogen-bond acceptors (Lipinski definition) is 7. The van der Waals surface area contributed by atoms with Gasteiger partial charge in [-0.25, -0.2) is 0 Å². The fraction of sp³-hybridized carbons (Fsp3) is 0.258. The van der Waals surface area contributed by atoms with E-state index in [0.717, 1.165) is 69.4 Å². The van der Waals surface area contributed by atoms with Gasteiger partial charge in [0.15, 0.2) is 5.82 Å². The minimum absolute atomic E-state index is 0.145. The number of carbonyl (C=O) groups excluding carboxylic acids is 1. The van der Waals surface area contributed by atoms with Crippen molar-refractivity contribution >= 4 is 35.9 Å². The van der Waals surface area contributed by atoms with Crippen molar-refractivity contribution in [2.75, 3.05) is 5.32 Å². The van der Waals surface area contributed by atoms with Gasteiger partial charge < -0.3 is 10.6 Å². The van der Waals surface area contributed by atoms with Crippen LogP contribution in [0.1, 0.15) is 49.4 Å². The van der Waals surface area contributed by atoms with E-state index in [1.807, 2.05) is 37.3 Å². The van der Waals surface area contributed by atoms with Crippen LogP contribution in [0.2, 0.25) is 0 Å². The molecule has 1 amide bonds. The molecule has 7 nitrogen and oxygen atoms in total. The summed E-state index contributed by atoms with van der Waals surface area (Å²) in [6.07, 6.45) is 6.86. The Bertz CT molecular complexity index is 1250. The van der Waals surface area contributed by atoms with Crippen LogP contribution in [0.15, 0.2) is 107 Å². The van der Waals surface area contributed by atoms with Crippen LogP contribution in [0.5, 0.6) is 0 Å². The molecule has 0 aliphatic carbocycles. The largest absolute Gasteiger partial charge is 0.354 e. The highest BCUT2D eigenvalue weighted by molar-refractivity contribution is 8.06. The number of aryl methyl sites for hydroxylation is 1. The smallest absolute Gasteiger partial charge is 0.229 e. The topological polar surface area (TPSA) is 91.6 Å². The summed E-state index contributed by atoms with van der Waals surface area (Å²) in [5.41, 5.74) is 5.46. The molecule has 2 rings (SSSR count). The summed E-state index contributed by atoms with van der Waals surface area (Å²) in [5.74, 6) is 0.294. The maximum Gasteiger partial charge on any atom is 0.229 e. The van der Waals surface area contributed by atoms with Crippen molar-refractivity contribution in [3.05, 3.63) is 113 Å². The molecule has 0 spiro atoms. The molecule has 0 aliphatic rings. The van der Waals surface area contributed by atoms with Crippen LogP contribution in [0.4, 0.5) is 5.82 Å². The zero-order chi connectivity index (χ0) is 28.6. The molecule has 1 aromatic carbocycles. The van der Waals surface area contributed by atoms with Crippen molar-refractivity contribution in [1.29, 1.82) is 0 Å². The van der Waals surface area contributed by atoms with E-state index < -0.39 is 0 Å². The lowest BCUT2D eigenvalue weighted by Crippen LogP contribution is -2.16. The standard InChI is InChI=1S/C31H38N6OS/c1-8-22(2)18-23(3)33-26(6)39-25(5)12-9-10-15-29-16-17-30(37-36-29)34-31(38)21-28-14-11-13-27(20-28)19-24(4)35-32-7/h8,11,13-14,16-17,20,33H,1-3,5-7,9-10,12,15,18-19,21H2,4H3,(H,34,37,38)/b35-24+. The van der Waals surface area contributed by atoms with Crippen molar-refractivity contribution in [2.24, 2.45) is 10.2 Å². The van der Waals surface area contributed by atoms with Gasteiger partial charge in [0, 0.05) is 31.0 Å². The molecule has 0 fully saturated rings. The summed E-state index contributed by atoms with van der Waals surface area (Å²) in [6.45, 7) is 25.0. The van der Waals surface area contributed by atoms with Gasteiger partial charge in [-0.3, -0.25) is 4.79 Å². The van der Waals surface area contributed by atoms with Crippen LogP contribution in [0.25, 0.3) is 0 Å². The summed E-state index contributed by atoms with van der Waals surface area (Å²) in [7, 11) is 0. The fourth-order valence-electron chi connectivity index (χ4n) is 3.70. The molecule has 204 valence electrons. The highest BCUT2D eigenvalue weighted by Crippen LogP contribution is 2.26. The number of anilines is 1. The molecule has 0 radical (unpaired) electrons. The van der Waals surface area contributed by atoms with Crippen LogP contribution in [0, 0.1) is 0 Å². The predicted octanol–water partition coefficient (Wildman–Crippen LogP) is 6.94. The maximum atomic E-state index is 12.5. The second-order valence-electron chi connectivity index (χ2n) is 9.15. The average Bonchev–Trinajstić information content (AvgIpc) is 2.87. The van der Waals surface area contributed by atoms with E-state index in [9.17, 15) is 4.79 Å². The van der Waals surface area contributed by atoms with Gasteiger partial charge in [0.1, 0.15) is 0 Å². The molecule has 8 heteroatoms. The van der Waals surface area contributed by atoms with Gasteiger partial charge in [-0.2, -0.15) is 15.3 Å². The van der Waals surface area contributed by atoms with Crippen molar-refractivity contribution in [2.45, 2.75) is 51.9 Å². The first-order valence-corrected chi connectivity index (χ1v) is 13.5. The number of carbonyl (C=O) groups is 1. The molecule has 0 unspecified atom stereocenters. The summed E-state index contributed by atoms with van der Waals surface area (Å²) in [5, 5.41) is 22.7. The maximum absolute atomic E-state index is 12.5. The molecule has 2 aromatic rings. The number of nitrogens with zero attached hydrogens (tertiary/aromatic N) is 4. The Kier molecular flexibility index (Phi) is 13.4. The molecular formula is C31H38N6OS. The number of benzene rings is 1. The third-order valence-corrected chi connectivity index (χ3v) is 6.34. The number of rotatable bonds is 18. The summed E-state index contributed by atoms with van der Waals surface area (Å²) >= 11 is 1.53. The van der Waals surface area contributed by atoms with Crippen molar-refractivity contribution in [1.82, 2.24) is 15.5 Å². The Hall–Kier alpha value is -4.04. The lowest BCUT2D eigenvalue weighted by atomic mass is 10.0. The average molecular weight is 543 g/mol. The second-order valence-corrected chi connectivity index (χ2v) is 10.4. The molecule has 0 bridgehead atoms. The molecule has 1 aromatic heterocycles. The Morgan fingerprint density at radius 3 is 2.46 bits per heavy atom. The SMILES string of the molecule is C=CC(=C)CC(=C)NC(=C)SC(=C)CCCCc1ccc(NC(=O)Cc2cccc(C/C(C)=N/N=C)c2)nn1. The lowest BCUT2D eigenvalue weighted by Gasteiger charge is -2.13. The minimum atomic E-state index is -0.145. The van der Waals surface area contributed by atoms with Crippen molar-refractivity contribution in [3.63, 3.8) is 0 Å². The molecule has 1 heterocycles. The van der Waals surface area contributed by atoms with E-state index in [0.29, 0.717) is 18.7 Å². The molecular weight excluding hydrogens is 504 g/mol. The summed E-state index contributed by atoms with van der Waals surface area (Å²) in [6, 6.07) is 11.5. The van der Waals surface area contributed by atoms with Crippen LogP contribution >= 0.6 is 11.8 Å². The number of hydrogen-bond donors (Lipinski definition) is 2. The van der Waals surface area contributed by atoms with E-state index in [1.165, 1.54) is 11.8 Å². The first-order chi connectivity index (χ1) is 18.7. The molecule has 39 heavy (non-hydrogen) atoms. The monoisotopic (exact) mass is 542 g/mol. The zero-order valence-electron chi connectivity index (χ0n) is 22.8. The van der Waals surface area contributed by atoms with Gasteiger partial charge in [0.25, 0.3) is 0 Å². The predicted molar refractivity (Wildman–Crippen MR) is 167 cm³/mol. The normalized spacial score (nSPS) is 10.8. The van der Waals surface area contributed by atoms with Crippen LogP contribution in [-0.4, -0.2) is 28.5 Å². The number of allylic oxidation sites excluding steroid dienone is 3. The summed E-state index contributed by atoms with van der Waals surface area (Å²) in [4.78, 5) is 13.6. The fourth-order valence-corrected chi connectivity index (χ4v) is 4.49. The Morgan fingerprint density at radius 2 is 1.79 bits per heavy atom. The van der Waals surface area contributed by atoms with Gasteiger partial charge in [0.05, 0.1) is 17.1 Å². The Balaban J connectivity index is 1.71. The Morgan fingerprint density at radius 1 is 1.05 bits per heavy atom. The number of thioether (sulfide) groups is 1. The van der Waals surface area contributed by atoms with Gasteiger partial charge in [-0.15, -0.1) is 5.10 Å². The van der Waals surface area contributed by atoms with Crippen LogP contribution < -0.4 is 10.6 Å². The van der Waals surface area contributed by atoms with E-state index in [2.05, 4.69) is 70.6 Å². The van der Waals surface area contributed by atoms with Gasteiger partial charge in [0.2, 0.25) is 5.91 Å². The lowest BCUT2D eigenvalue weighted by molar-refractivity contribution is -0.115. The molecule has 0 saturated heterocycles. The van der Waals surface area contributed by atoms with Crippen molar-refractivity contribution < 1.29 is 4.79 Å². The molecule has 2 N–H and O–H groups in total. The number of amides is 1. The highest BCUT2D eigenvalue weighted by atomic mass is 32.2. The second kappa shape index (κ2) is 16.7. The summed E-state index contributed by atoms with van der Waals surface area (Å²) < 4.78 is 0. The van der Waals surface area contributed by atoms with Gasteiger partial charge in [-0.05, 0) is 66.3 Å².